The molecule has 0 spiro atoms. The standard InChI is InChI=1S/C14H17N3O5/c15-12-8-10(17(20)21)4-5-11(12)14(19)22-9-13(18)16-6-2-1-3-7-16/h4-5,8H,1-3,6-7,9,15H2. The Bertz CT molecular complexity index is 596. The zero-order chi connectivity index (χ0) is 16.1. The van der Waals surface area contributed by atoms with Crippen LogP contribution in [0.2, 0.25) is 0 Å². The molecule has 2 N–H and O–H groups in total. The molecule has 0 bridgehead atoms. The van der Waals surface area contributed by atoms with Crippen molar-refractivity contribution in [1.82, 2.24) is 4.90 Å². The number of benzene rings is 1. The maximum atomic E-state index is 11.9. The van der Waals surface area contributed by atoms with Crippen molar-refractivity contribution in [2.75, 3.05) is 25.4 Å². The van der Waals surface area contributed by atoms with Crippen molar-refractivity contribution in [3.63, 3.8) is 0 Å². The average Bonchev–Trinajstić information content (AvgIpc) is 2.52. The van der Waals surface area contributed by atoms with Gasteiger partial charge in [-0.3, -0.25) is 14.9 Å². The van der Waals surface area contributed by atoms with Gasteiger partial charge in [-0.1, -0.05) is 0 Å². The number of non-ortho nitro benzene ring substituents is 1. The number of carbonyl (C=O) groups is 2. The Morgan fingerprint density at radius 1 is 1.27 bits per heavy atom. The lowest BCUT2D eigenvalue weighted by molar-refractivity contribution is -0.384. The molecule has 1 heterocycles. The number of nitro groups is 1. The first-order chi connectivity index (χ1) is 10.5. The third-order valence-corrected chi connectivity index (χ3v) is 3.50. The van der Waals surface area contributed by atoms with Crippen molar-refractivity contribution in [1.29, 1.82) is 0 Å². The summed E-state index contributed by atoms with van der Waals surface area (Å²) < 4.78 is 4.94. The van der Waals surface area contributed by atoms with Gasteiger partial charge in [0.1, 0.15) is 0 Å². The number of ether oxygens (including phenoxy) is 1. The molecular formula is C14H17N3O5. The van der Waals surface area contributed by atoms with Crippen LogP contribution in [0.15, 0.2) is 18.2 Å². The van der Waals surface area contributed by atoms with Gasteiger partial charge in [0, 0.05) is 25.2 Å². The molecule has 1 aromatic carbocycles. The molecule has 0 radical (unpaired) electrons. The monoisotopic (exact) mass is 307 g/mol. The number of anilines is 1. The van der Waals surface area contributed by atoms with E-state index in [2.05, 4.69) is 0 Å². The molecule has 22 heavy (non-hydrogen) atoms. The number of esters is 1. The summed E-state index contributed by atoms with van der Waals surface area (Å²) in [5.41, 5.74) is 5.36. The zero-order valence-electron chi connectivity index (χ0n) is 12.0. The summed E-state index contributed by atoms with van der Waals surface area (Å²) in [6, 6.07) is 3.48. The molecular weight excluding hydrogens is 290 g/mol. The SMILES string of the molecule is Nc1cc([N+](=O)[O-])ccc1C(=O)OCC(=O)N1CCCCC1. The maximum Gasteiger partial charge on any atom is 0.340 e. The average molecular weight is 307 g/mol. The number of amides is 1. The van der Waals surface area contributed by atoms with Gasteiger partial charge in [0.2, 0.25) is 0 Å². The number of nitrogens with two attached hydrogens (primary N) is 1. The van der Waals surface area contributed by atoms with Gasteiger partial charge < -0.3 is 15.4 Å². The van der Waals surface area contributed by atoms with Crippen LogP contribution in [0.25, 0.3) is 0 Å². The second kappa shape index (κ2) is 6.88. The Kier molecular flexibility index (Phi) is 4.92. The Hall–Kier alpha value is -2.64. The maximum absolute atomic E-state index is 11.9. The Morgan fingerprint density at radius 3 is 2.55 bits per heavy atom. The highest BCUT2D eigenvalue weighted by Gasteiger charge is 2.20. The predicted molar refractivity (Wildman–Crippen MR) is 78.2 cm³/mol. The fraction of sp³-hybridized carbons (Fsp3) is 0.429. The number of piperidine rings is 1. The minimum absolute atomic E-state index is 0.0112. The number of rotatable bonds is 4. The van der Waals surface area contributed by atoms with Gasteiger partial charge in [0.25, 0.3) is 11.6 Å². The highest BCUT2D eigenvalue weighted by molar-refractivity contribution is 5.96. The van der Waals surface area contributed by atoms with Gasteiger partial charge in [0.15, 0.2) is 6.61 Å². The summed E-state index contributed by atoms with van der Waals surface area (Å²) in [4.78, 5) is 35.4. The topological polar surface area (TPSA) is 116 Å². The molecule has 0 unspecified atom stereocenters. The third kappa shape index (κ3) is 3.72. The van der Waals surface area contributed by atoms with E-state index in [1.165, 1.54) is 12.1 Å². The molecule has 0 atom stereocenters. The zero-order valence-corrected chi connectivity index (χ0v) is 12.0. The Morgan fingerprint density at radius 2 is 1.95 bits per heavy atom. The molecule has 0 aromatic heterocycles. The van der Waals surface area contributed by atoms with Gasteiger partial charge in [-0.25, -0.2) is 4.79 Å². The molecule has 1 aliphatic rings. The van der Waals surface area contributed by atoms with E-state index in [0.29, 0.717) is 13.1 Å². The smallest absolute Gasteiger partial charge is 0.340 e. The van der Waals surface area contributed by atoms with Crippen molar-refractivity contribution >= 4 is 23.3 Å². The van der Waals surface area contributed by atoms with Crippen LogP contribution >= 0.6 is 0 Å². The van der Waals surface area contributed by atoms with Crippen molar-refractivity contribution < 1.29 is 19.2 Å². The normalized spacial score (nSPS) is 14.5. The van der Waals surface area contributed by atoms with Crippen LogP contribution < -0.4 is 5.73 Å². The van der Waals surface area contributed by atoms with Crippen molar-refractivity contribution in [3.05, 3.63) is 33.9 Å². The number of likely N-dealkylation sites (tertiary alicyclic amines) is 1. The molecule has 1 aliphatic heterocycles. The van der Waals surface area contributed by atoms with E-state index >= 15 is 0 Å². The molecule has 1 amide bonds. The van der Waals surface area contributed by atoms with E-state index in [0.717, 1.165) is 25.3 Å². The largest absolute Gasteiger partial charge is 0.452 e. The summed E-state index contributed by atoms with van der Waals surface area (Å²) in [5, 5.41) is 10.6. The van der Waals surface area contributed by atoms with Gasteiger partial charge in [-0.2, -0.15) is 0 Å². The van der Waals surface area contributed by atoms with Gasteiger partial charge in [0.05, 0.1) is 16.2 Å². The summed E-state index contributed by atoms with van der Waals surface area (Å²) in [5.74, 6) is -1.01. The van der Waals surface area contributed by atoms with E-state index in [1.807, 2.05) is 0 Å². The lowest BCUT2D eigenvalue weighted by Crippen LogP contribution is -2.38. The lowest BCUT2D eigenvalue weighted by Gasteiger charge is -2.26. The minimum atomic E-state index is -0.766. The number of hydrogen-bond acceptors (Lipinski definition) is 6. The summed E-state index contributed by atoms with van der Waals surface area (Å²) in [7, 11) is 0. The van der Waals surface area contributed by atoms with Crippen LogP contribution in [-0.2, 0) is 9.53 Å². The molecule has 0 saturated carbocycles. The van der Waals surface area contributed by atoms with Crippen LogP contribution in [-0.4, -0.2) is 41.4 Å². The number of hydrogen-bond donors (Lipinski definition) is 1. The van der Waals surface area contributed by atoms with E-state index in [1.54, 1.807) is 4.90 Å². The molecule has 1 fully saturated rings. The van der Waals surface area contributed by atoms with Crippen molar-refractivity contribution in [2.24, 2.45) is 0 Å². The van der Waals surface area contributed by atoms with Gasteiger partial charge >= 0.3 is 5.97 Å². The lowest BCUT2D eigenvalue weighted by atomic mass is 10.1. The van der Waals surface area contributed by atoms with E-state index < -0.39 is 10.9 Å². The Balaban J connectivity index is 1.94. The van der Waals surface area contributed by atoms with E-state index in [9.17, 15) is 19.7 Å². The second-order valence-corrected chi connectivity index (χ2v) is 5.05. The molecule has 1 saturated heterocycles. The fourth-order valence-electron chi connectivity index (χ4n) is 2.29. The van der Waals surface area contributed by atoms with E-state index in [4.69, 9.17) is 10.5 Å². The van der Waals surface area contributed by atoms with Crippen molar-refractivity contribution in [2.45, 2.75) is 19.3 Å². The first kappa shape index (κ1) is 15.7. The molecule has 8 nitrogen and oxygen atoms in total. The van der Waals surface area contributed by atoms with Crippen LogP contribution in [0.1, 0.15) is 29.6 Å². The molecule has 0 aliphatic carbocycles. The first-order valence-electron chi connectivity index (χ1n) is 6.98. The highest BCUT2D eigenvalue weighted by Crippen LogP contribution is 2.20. The fourth-order valence-corrected chi connectivity index (χ4v) is 2.29. The van der Waals surface area contributed by atoms with E-state index in [-0.39, 0.29) is 29.5 Å². The van der Waals surface area contributed by atoms with Crippen molar-refractivity contribution in [3.8, 4) is 0 Å². The minimum Gasteiger partial charge on any atom is -0.452 e. The number of nitrogen functional groups attached to an aromatic ring is 1. The number of nitro benzene ring substituents is 1. The summed E-state index contributed by atoms with van der Waals surface area (Å²) in [6.07, 6.45) is 3.01. The quantitative estimate of drug-likeness (QED) is 0.388. The molecule has 1 aromatic rings. The van der Waals surface area contributed by atoms with Gasteiger partial charge in [-0.15, -0.1) is 0 Å². The van der Waals surface area contributed by atoms with Crippen LogP contribution in [0.5, 0.6) is 0 Å². The van der Waals surface area contributed by atoms with Crippen LogP contribution in [0.4, 0.5) is 11.4 Å². The van der Waals surface area contributed by atoms with Crippen LogP contribution in [0, 0.1) is 10.1 Å². The highest BCUT2D eigenvalue weighted by atomic mass is 16.6. The molecule has 118 valence electrons. The number of carbonyl (C=O) groups excluding carboxylic acids is 2. The summed E-state index contributed by atoms with van der Waals surface area (Å²) in [6.45, 7) is 1.00. The summed E-state index contributed by atoms with van der Waals surface area (Å²) >= 11 is 0. The molecule has 8 heteroatoms. The number of nitrogens with zero attached hydrogens (tertiary/aromatic N) is 2. The predicted octanol–water partition coefficient (Wildman–Crippen LogP) is 1.35. The van der Waals surface area contributed by atoms with Crippen LogP contribution in [0.3, 0.4) is 0 Å². The van der Waals surface area contributed by atoms with Gasteiger partial charge in [-0.05, 0) is 25.3 Å². The third-order valence-electron chi connectivity index (χ3n) is 3.50. The Labute approximate surface area is 127 Å². The molecule has 2 rings (SSSR count). The second-order valence-electron chi connectivity index (χ2n) is 5.05. The first-order valence-corrected chi connectivity index (χ1v) is 6.98.